The topological polar surface area (TPSA) is 89.8 Å². The van der Waals surface area contributed by atoms with Crippen LogP contribution in [0.5, 0.6) is 0 Å². The Morgan fingerprint density at radius 2 is 2.16 bits per heavy atom. The van der Waals surface area contributed by atoms with Crippen molar-refractivity contribution in [3.63, 3.8) is 0 Å². The average Bonchev–Trinajstić information content (AvgIpc) is 2.89. The van der Waals surface area contributed by atoms with Gasteiger partial charge < -0.3 is 9.64 Å². The zero-order valence-corrected chi connectivity index (χ0v) is 20.0. The average molecular weight is 466 g/mol. The van der Waals surface area contributed by atoms with Crippen LogP contribution in [0.1, 0.15) is 52.1 Å². The molecular formula is C22H32FN5O3S. The number of likely N-dealkylation sites (N-methyl/N-ethyl adjacent to an activating group) is 1. The Labute approximate surface area is 190 Å². The molecule has 0 amide bonds. The number of anilines is 1. The minimum absolute atomic E-state index is 0.0295. The lowest BCUT2D eigenvalue weighted by Gasteiger charge is -2.49. The van der Waals surface area contributed by atoms with E-state index < -0.39 is 21.6 Å². The van der Waals surface area contributed by atoms with Crippen molar-refractivity contribution in [2.24, 2.45) is 5.92 Å². The molecule has 1 aromatic rings. The van der Waals surface area contributed by atoms with E-state index in [0.717, 1.165) is 38.2 Å². The molecule has 3 fully saturated rings. The summed E-state index contributed by atoms with van der Waals surface area (Å²) < 4.78 is 49.2. The third-order valence-electron chi connectivity index (χ3n) is 7.16. The molecule has 4 rings (SSSR count). The van der Waals surface area contributed by atoms with Gasteiger partial charge in [-0.25, -0.2) is 13.7 Å². The van der Waals surface area contributed by atoms with Crippen LogP contribution in [-0.4, -0.2) is 73.1 Å². The molecule has 3 aliphatic rings. The fourth-order valence-electron chi connectivity index (χ4n) is 5.52. The summed E-state index contributed by atoms with van der Waals surface area (Å²) in [6.07, 6.45) is 4.90. The Hall–Kier alpha value is -1.80. The fourth-order valence-corrected chi connectivity index (χ4v) is 7.31. The molecule has 2 saturated heterocycles. The van der Waals surface area contributed by atoms with E-state index in [4.69, 9.17) is 4.74 Å². The second-order valence-corrected chi connectivity index (χ2v) is 11.6. The van der Waals surface area contributed by atoms with Crippen molar-refractivity contribution in [3.8, 4) is 6.07 Å². The molecule has 32 heavy (non-hydrogen) atoms. The van der Waals surface area contributed by atoms with Crippen LogP contribution in [0.2, 0.25) is 0 Å². The van der Waals surface area contributed by atoms with E-state index in [1.165, 1.54) is 15.7 Å². The predicted molar refractivity (Wildman–Crippen MR) is 119 cm³/mol. The zero-order chi connectivity index (χ0) is 23.3. The standard InChI is InChI=1S/C22H32FN5O3S/c1-15(2)31-21-6-5-17(21)13-27-8-7-22(10-16(27)3)14-26(4)32(29,30)28(22)20-9-18(23)12-25-19(20)11-24/h9,12,15-17,21H,5-8,10,13-14H2,1-4H3/t16-,17?,21?,22+/m0/s1. The van der Waals surface area contributed by atoms with Gasteiger partial charge in [-0.05, 0) is 52.4 Å². The lowest BCUT2D eigenvalue weighted by Crippen LogP contribution is -2.59. The molecule has 3 heterocycles. The molecule has 1 saturated carbocycles. The largest absolute Gasteiger partial charge is 0.375 e. The van der Waals surface area contributed by atoms with Crippen LogP contribution in [0.4, 0.5) is 10.1 Å². The van der Waals surface area contributed by atoms with Crippen molar-refractivity contribution in [2.75, 3.05) is 31.0 Å². The van der Waals surface area contributed by atoms with Crippen molar-refractivity contribution in [3.05, 3.63) is 23.8 Å². The summed E-state index contributed by atoms with van der Waals surface area (Å²) in [5, 5.41) is 9.52. The van der Waals surface area contributed by atoms with Crippen molar-refractivity contribution < 1.29 is 17.5 Å². The van der Waals surface area contributed by atoms with Gasteiger partial charge in [0, 0.05) is 38.8 Å². The first kappa shape index (κ1) is 23.4. The minimum Gasteiger partial charge on any atom is -0.375 e. The van der Waals surface area contributed by atoms with Gasteiger partial charge in [0.25, 0.3) is 0 Å². The van der Waals surface area contributed by atoms with Crippen LogP contribution in [-0.2, 0) is 14.9 Å². The van der Waals surface area contributed by atoms with E-state index in [9.17, 15) is 18.1 Å². The van der Waals surface area contributed by atoms with Gasteiger partial charge in [0.2, 0.25) is 0 Å². The predicted octanol–water partition coefficient (Wildman–Crippen LogP) is 2.52. The number of piperidine rings is 1. The molecule has 1 aliphatic carbocycles. The van der Waals surface area contributed by atoms with E-state index in [1.807, 2.05) is 6.07 Å². The normalized spacial score (nSPS) is 32.9. The van der Waals surface area contributed by atoms with Crippen molar-refractivity contribution in [2.45, 2.75) is 70.2 Å². The summed E-state index contributed by atoms with van der Waals surface area (Å²) >= 11 is 0. The fraction of sp³-hybridized carbons (Fsp3) is 0.727. The Morgan fingerprint density at radius 1 is 1.41 bits per heavy atom. The van der Waals surface area contributed by atoms with Gasteiger partial charge in [-0.3, -0.25) is 0 Å². The van der Waals surface area contributed by atoms with Gasteiger partial charge in [0.05, 0.1) is 29.6 Å². The van der Waals surface area contributed by atoms with Crippen LogP contribution in [0.15, 0.2) is 12.3 Å². The Morgan fingerprint density at radius 3 is 2.75 bits per heavy atom. The van der Waals surface area contributed by atoms with Crippen LogP contribution < -0.4 is 4.31 Å². The second-order valence-electron chi connectivity index (χ2n) is 9.74. The van der Waals surface area contributed by atoms with Crippen LogP contribution >= 0.6 is 0 Å². The molecule has 2 aliphatic heterocycles. The molecule has 0 aromatic carbocycles. The summed E-state index contributed by atoms with van der Waals surface area (Å²) in [5.41, 5.74) is -0.789. The molecule has 176 valence electrons. The summed E-state index contributed by atoms with van der Waals surface area (Å²) in [6, 6.07) is 3.18. The summed E-state index contributed by atoms with van der Waals surface area (Å²) in [7, 11) is -2.35. The number of hydrogen-bond donors (Lipinski definition) is 0. The van der Waals surface area contributed by atoms with E-state index >= 15 is 0 Å². The molecule has 2 unspecified atom stereocenters. The first-order valence-corrected chi connectivity index (χ1v) is 12.7. The number of hydrogen-bond acceptors (Lipinski definition) is 6. The lowest BCUT2D eigenvalue weighted by atomic mass is 9.78. The Kier molecular flexibility index (Phi) is 6.22. The van der Waals surface area contributed by atoms with Crippen molar-refractivity contribution in [1.29, 1.82) is 5.26 Å². The number of likely N-dealkylation sites (tertiary alicyclic amines) is 1. The summed E-state index contributed by atoms with van der Waals surface area (Å²) in [6.45, 7) is 8.21. The van der Waals surface area contributed by atoms with E-state index in [-0.39, 0.29) is 23.5 Å². The van der Waals surface area contributed by atoms with Crippen molar-refractivity contribution in [1.82, 2.24) is 14.2 Å². The highest BCUT2D eigenvalue weighted by molar-refractivity contribution is 7.90. The Bertz CT molecular complexity index is 1010. The van der Waals surface area contributed by atoms with Crippen molar-refractivity contribution >= 4 is 15.9 Å². The third kappa shape index (κ3) is 4.00. The molecule has 0 radical (unpaired) electrons. The van der Waals surface area contributed by atoms with Gasteiger partial charge in [0.15, 0.2) is 5.69 Å². The highest BCUT2D eigenvalue weighted by Crippen LogP contribution is 2.45. The molecular weight excluding hydrogens is 433 g/mol. The molecule has 4 atom stereocenters. The minimum atomic E-state index is -3.89. The smallest absolute Gasteiger partial charge is 0.304 e. The van der Waals surface area contributed by atoms with Gasteiger partial charge in [-0.2, -0.15) is 18.0 Å². The van der Waals surface area contributed by atoms with Gasteiger partial charge in [-0.1, -0.05) is 0 Å². The van der Waals surface area contributed by atoms with E-state index in [0.29, 0.717) is 31.4 Å². The molecule has 8 nitrogen and oxygen atoms in total. The quantitative estimate of drug-likeness (QED) is 0.664. The number of nitriles is 1. The molecule has 0 N–H and O–H groups in total. The maximum Gasteiger partial charge on any atom is 0.304 e. The van der Waals surface area contributed by atoms with Crippen LogP contribution in [0, 0.1) is 23.1 Å². The maximum absolute atomic E-state index is 14.1. The summed E-state index contributed by atoms with van der Waals surface area (Å²) in [5.74, 6) is -0.164. The lowest BCUT2D eigenvalue weighted by molar-refractivity contribution is -0.0898. The first-order valence-electron chi connectivity index (χ1n) is 11.3. The molecule has 0 bridgehead atoms. The number of aromatic nitrogens is 1. The van der Waals surface area contributed by atoms with Gasteiger partial charge >= 0.3 is 10.2 Å². The highest BCUT2D eigenvalue weighted by Gasteiger charge is 2.56. The van der Waals surface area contributed by atoms with E-state index in [1.54, 1.807) is 0 Å². The number of pyridine rings is 1. The molecule has 10 heteroatoms. The molecule has 1 aromatic heterocycles. The number of nitrogens with zero attached hydrogens (tertiary/aromatic N) is 5. The van der Waals surface area contributed by atoms with Gasteiger partial charge in [0.1, 0.15) is 11.9 Å². The molecule has 1 spiro atoms. The number of ether oxygens (including phenoxy) is 1. The van der Waals surface area contributed by atoms with Crippen LogP contribution in [0.25, 0.3) is 0 Å². The Balaban J connectivity index is 1.58. The third-order valence-corrected chi connectivity index (χ3v) is 9.12. The van der Waals surface area contributed by atoms with Gasteiger partial charge in [-0.15, -0.1) is 0 Å². The number of halogens is 1. The highest BCUT2D eigenvalue weighted by atomic mass is 32.2. The first-order chi connectivity index (χ1) is 15.1. The van der Waals surface area contributed by atoms with Crippen LogP contribution in [0.3, 0.4) is 0 Å². The summed E-state index contributed by atoms with van der Waals surface area (Å²) in [4.78, 5) is 6.27. The monoisotopic (exact) mass is 465 g/mol. The number of rotatable bonds is 5. The second kappa shape index (κ2) is 8.52. The van der Waals surface area contributed by atoms with E-state index in [2.05, 4.69) is 30.7 Å². The SMILES string of the molecule is CC(C)OC1CCC1CN1CC[C@@]2(C[C@@H]1C)CN(C)S(=O)(=O)N2c1cc(F)cnc1C#N. The maximum atomic E-state index is 14.1. The zero-order valence-electron chi connectivity index (χ0n) is 19.2.